The van der Waals surface area contributed by atoms with Gasteiger partial charge in [0, 0.05) is 0 Å². The molecular formula is C12H16O3. The number of rotatable bonds is 0. The minimum Gasteiger partial charge on any atom is -0.459 e. The normalized spacial score (nSPS) is 52.5. The quantitative estimate of drug-likeness (QED) is 0.483. The van der Waals surface area contributed by atoms with Gasteiger partial charge in [-0.15, -0.1) is 0 Å². The van der Waals surface area contributed by atoms with Crippen LogP contribution in [0.1, 0.15) is 33.1 Å². The topological polar surface area (TPSA) is 46.5 Å². The van der Waals surface area contributed by atoms with E-state index in [1.807, 2.05) is 19.9 Å². The zero-order valence-corrected chi connectivity index (χ0v) is 9.12. The van der Waals surface area contributed by atoms with E-state index in [1.54, 1.807) is 0 Å². The van der Waals surface area contributed by atoms with Crippen LogP contribution in [0.15, 0.2) is 11.6 Å². The number of aliphatic hydroxyl groups is 1. The van der Waals surface area contributed by atoms with Crippen molar-refractivity contribution in [2.45, 2.75) is 44.8 Å². The lowest BCUT2D eigenvalue weighted by Gasteiger charge is -2.41. The van der Waals surface area contributed by atoms with Gasteiger partial charge < -0.3 is 9.84 Å². The van der Waals surface area contributed by atoms with Gasteiger partial charge in [-0.2, -0.15) is 0 Å². The molecule has 0 aromatic carbocycles. The molecule has 0 unspecified atom stereocenters. The first-order chi connectivity index (χ1) is 6.98. The van der Waals surface area contributed by atoms with Gasteiger partial charge in [-0.1, -0.05) is 11.6 Å². The van der Waals surface area contributed by atoms with Crippen LogP contribution in [0, 0.1) is 11.3 Å². The van der Waals surface area contributed by atoms with Crippen LogP contribution in [0.5, 0.6) is 0 Å². The number of allylic oxidation sites excluding steroid dienone is 1. The lowest BCUT2D eigenvalue weighted by Crippen LogP contribution is -2.53. The average Bonchev–Trinajstić information content (AvgIpc) is 2.55. The van der Waals surface area contributed by atoms with Crippen molar-refractivity contribution in [3.05, 3.63) is 11.6 Å². The molecule has 0 amide bonds. The molecule has 0 aromatic heterocycles. The van der Waals surface area contributed by atoms with E-state index in [2.05, 4.69) is 0 Å². The fourth-order valence-corrected chi connectivity index (χ4v) is 3.75. The van der Waals surface area contributed by atoms with Gasteiger partial charge in [0.1, 0.15) is 17.1 Å². The third-order valence-corrected chi connectivity index (χ3v) is 4.50. The summed E-state index contributed by atoms with van der Waals surface area (Å²) in [6.45, 7) is 3.85. The van der Waals surface area contributed by atoms with Gasteiger partial charge in [-0.3, -0.25) is 4.79 Å². The van der Waals surface area contributed by atoms with Gasteiger partial charge in [-0.25, -0.2) is 0 Å². The second kappa shape index (κ2) is 2.46. The van der Waals surface area contributed by atoms with Crippen LogP contribution in [-0.2, 0) is 9.53 Å². The number of hydrogen-bond acceptors (Lipinski definition) is 3. The monoisotopic (exact) mass is 208 g/mol. The summed E-state index contributed by atoms with van der Waals surface area (Å²) < 4.78 is 5.32. The fraction of sp³-hybridized carbons (Fsp3) is 0.750. The van der Waals surface area contributed by atoms with Gasteiger partial charge >= 0.3 is 5.97 Å². The van der Waals surface area contributed by atoms with Crippen molar-refractivity contribution < 1.29 is 14.6 Å². The van der Waals surface area contributed by atoms with E-state index in [-0.39, 0.29) is 18.0 Å². The predicted molar refractivity (Wildman–Crippen MR) is 54.0 cm³/mol. The van der Waals surface area contributed by atoms with E-state index in [9.17, 15) is 9.90 Å². The highest BCUT2D eigenvalue weighted by molar-refractivity contribution is 5.84. The third kappa shape index (κ3) is 0.842. The lowest BCUT2D eigenvalue weighted by molar-refractivity contribution is -0.147. The van der Waals surface area contributed by atoms with Crippen molar-refractivity contribution in [3.8, 4) is 0 Å². The zero-order valence-electron chi connectivity index (χ0n) is 9.12. The van der Waals surface area contributed by atoms with Gasteiger partial charge in [0.15, 0.2) is 0 Å². The second-order valence-electron chi connectivity index (χ2n) is 5.39. The highest BCUT2D eigenvalue weighted by Gasteiger charge is 2.70. The first kappa shape index (κ1) is 9.40. The molecule has 3 aliphatic rings. The van der Waals surface area contributed by atoms with Gasteiger partial charge in [-0.05, 0) is 39.0 Å². The molecule has 2 fully saturated rings. The molecule has 3 rings (SSSR count). The standard InChI is InChI=1S/C12H16O3/c1-7-5-8-3-4-9-12(8,14)11(2,6-7)10(13)15-9/h6,8-9,14H,3-5H2,1-2H3/t8-,9-,11-,12-/m1/s1. The molecule has 1 saturated carbocycles. The highest BCUT2D eigenvalue weighted by atomic mass is 16.6. The molecule has 0 radical (unpaired) electrons. The van der Waals surface area contributed by atoms with Crippen LogP contribution in [0.25, 0.3) is 0 Å². The Morgan fingerprint density at radius 1 is 1.53 bits per heavy atom. The van der Waals surface area contributed by atoms with Crippen molar-refractivity contribution >= 4 is 5.97 Å². The van der Waals surface area contributed by atoms with E-state index in [4.69, 9.17) is 4.74 Å². The Hall–Kier alpha value is -0.830. The average molecular weight is 208 g/mol. The Labute approximate surface area is 89.1 Å². The molecule has 0 aromatic rings. The van der Waals surface area contributed by atoms with Gasteiger partial charge in [0.25, 0.3) is 0 Å². The molecule has 0 spiro atoms. The van der Waals surface area contributed by atoms with Crippen molar-refractivity contribution in [1.29, 1.82) is 0 Å². The molecule has 1 saturated heterocycles. The largest absolute Gasteiger partial charge is 0.459 e. The minimum absolute atomic E-state index is 0.198. The summed E-state index contributed by atoms with van der Waals surface area (Å²) in [5, 5.41) is 10.8. The van der Waals surface area contributed by atoms with E-state index in [1.165, 1.54) is 5.57 Å². The van der Waals surface area contributed by atoms with Crippen LogP contribution in [-0.4, -0.2) is 22.8 Å². The van der Waals surface area contributed by atoms with Crippen molar-refractivity contribution in [1.82, 2.24) is 0 Å². The summed E-state index contributed by atoms with van der Waals surface area (Å²) in [6.07, 6.45) is 4.32. The van der Waals surface area contributed by atoms with Gasteiger partial charge in [0.2, 0.25) is 0 Å². The fourth-order valence-electron chi connectivity index (χ4n) is 3.75. The molecule has 0 bridgehead atoms. The summed E-state index contributed by atoms with van der Waals surface area (Å²) in [7, 11) is 0. The van der Waals surface area contributed by atoms with Crippen LogP contribution >= 0.6 is 0 Å². The van der Waals surface area contributed by atoms with E-state index < -0.39 is 11.0 Å². The summed E-state index contributed by atoms with van der Waals surface area (Å²) in [5.41, 5.74) is -0.545. The molecule has 15 heavy (non-hydrogen) atoms. The Balaban J connectivity index is 2.20. The molecule has 4 atom stereocenters. The zero-order chi connectivity index (χ0) is 10.8. The van der Waals surface area contributed by atoms with Crippen LogP contribution in [0.3, 0.4) is 0 Å². The molecule has 3 heteroatoms. The number of carbonyl (C=O) groups is 1. The predicted octanol–water partition coefficient (Wildman–Crippen LogP) is 1.41. The van der Waals surface area contributed by atoms with Gasteiger partial charge in [0.05, 0.1) is 0 Å². The summed E-state index contributed by atoms with van der Waals surface area (Å²) in [5.74, 6) is -0.0531. The van der Waals surface area contributed by atoms with E-state index in [0.717, 1.165) is 19.3 Å². The van der Waals surface area contributed by atoms with E-state index in [0.29, 0.717) is 0 Å². The summed E-state index contributed by atoms with van der Waals surface area (Å²) in [4.78, 5) is 11.8. The number of hydrogen-bond donors (Lipinski definition) is 1. The molecular weight excluding hydrogens is 192 g/mol. The first-order valence-corrected chi connectivity index (χ1v) is 5.60. The smallest absolute Gasteiger partial charge is 0.319 e. The Bertz CT molecular complexity index is 373. The van der Waals surface area contributed by atoms with E-state index >= 15 is 0 Å². The maximum atomic E-state index is 11.8. The minimum atomic E-state index is -0.941. The van der Waals surface area contributed by atoms with Crippen LogP contribution in [0.2, 0.25) is 0 Å². The summed E-state index contributed by atoms with van der Waals surface area (Å²) >= 11 is 0. The summed E-state index contributed by atoms with van der Waals surface area (Å²) in [6, 6.07) is 0. The molecule has 1 N–H and O–H groups in total. The number of esters is 1. The Kier molecular flexibility index (Phi) is 1.54. The maximum absolute atomic E-state index is 11.8. The molecule has 1 aliphatic heterocycles. The highest BCUT2D eigenvalue weighted by Crippen LogP contribution is 2.59. The molecule has 2 aliphatic carbocycles. The van der Waals surface area contributed by atoms with Crippen molar-refractivity contribution in [2.24, 2.45) is 11.3 Å². The van der Waals surface area contributed by atoms with Crippen molar-refractivity contribution in [2.75, 3.05) is 0 Å². The third-order valence-electron chi connectivity index (χ3n) is 4.50. The number of ether oxygens (including phenoxy) is 1. The Morgan fingerprint density at radius 3 is 3.00 bits per heavy atom. The lowest BCUT2D eigenvalue weighted by atomic mass is 9.63. The van der Waals surface area contributed by atoms with Crippen LogP contribution in [0.4, 0.5) is 0 Å². The Morgan fingerprint density at radius 2 is 2.27 bits per heavy atom. The molecule has 1 heterocycles. The first-order valence-electron chi connectivity index (χ1n) is 5.60. The second-order valence-corrected chi connectivity index (χ2v) is 5.39. The number of carbonyl (C=O) groups excluding carboxylic acids is 1. The molecule has 82 valence electrons. The van der Waals surface area contributed by atoms with Crippen LogP contribution < -0.4 is 0 Å². The maximum Gasteiger partial charge on any atom is 0.319 e. The SMILES string of the molecule is CC1=C[C@]2(C)C(=O)O[C@@H]3CC[C@H](C1)[C@@]32O. The molecule has 3 nitrogen and oxygen atoms in total. The van der Waals surface area contributed by atoms with Crippen molar-refractivity contribution in [3.63, 3.8) is 0 Å².